The summed E-state index contributed by atoms with van der Waals surface area (Å²) in [5.74, 6) is 0. The molecule has 5 nitrogen and oxygen atoms in total. The summed E-state index contributed by atoms with van der Waals surface area (Å²) in [5, 5.41) is 15.3. The van der Waals surface area contributed by atoms with Gasteiger partial charge in [-0.25, -0.2) is 4.68 Å². The van der Waals surface area contributed by atoms with Crippen molar-refractivity contribution in [3.05, 3.63) is 79.5 Å². The highest BCUT2D eigenvalue weighted by molar-refractivity contribution is 6.35. The number of nitriles is 1. The zero-order valence-electron chi connectivity index (χ0n) is 16.5. The van der Waals surface area contributed by atoms with Crippen LogP contribution in [0.5, 0.6) is 0 Å². The first-order chi connectivity index (χ1) is 15.6. The average molecular weight is 512 g/mol. The summed E-state index contributed by atoms with van der Waals surface area (Å²) in [7, 11) is 0. The van der Waals surface area contributed by atoms with Crippen molar-refractivity contribution in [2.75, 3.05) is 0 Å². The van der Waals surface area contributed by atoms with Gasteiger partial charge in [-0.3, -0.25) is 9.36 Å². The Morgan fingerprint density at radius 3 is 2.27 bits per heavy atom. The van der Waals surface area contributed by atoms with Crippen LogP contribution in [0.4, 0.5) is 13.2 Å². The molecule has 2 aromatic carbocycles. The fourth-order valence-electron chi connectivity index (χ4n) is 3.44. The van der Waals surface area contributed by atoms with Gasteiger partial charge in [0.15, 0.2) is 5.65 Å². The molecule has 2 heterocycles. The molecule has 4 aromatic rings. The van der Waals surface area contributed by atoms with Gasteiger partial charge in [0.2, 0.25) is 0 Å². The Bertz CT molecular complexity index is 1470. The Morgan fingerprint density at radius 1 is 1.00 bits per heavy atom. The summed E-state index contributed by atoms with van der Waals surface area (Å²) >= 11 is 18.4. The molecule has 11 heteroatoms. The molecular weight excluding hydrogens is 500 g/mol. The third kappa shape index (κ3) is 4.58. The van der Waals surface area contributed by atoms with Gasteiger partial charge >= 0.3 is 6.18 Å². The predicted octanol–water partition coefficient (Wildman–Crippen LogP) is 6.64. The number of pyridine rings is 1. The molecule has 168 valence electrons. The van der Waals surface area contributed by atoms with Crippen molar-refractivity contribution in [2.24, 2.45) is 0 Å². The molecule has 0 aliphatic rings. The number of hydrogen-bond acceptors (Lipinski definition) is 3. The first-order valence-corrected chi connectivity index (χ1v) is 10.6. The van der Waals surface area contributed by atoms with Gasteiger partial charge in [-0.15, -0.1) is 5.10 Å². The van der Waals surface area contributed by atoms with E-state index in [1.807, 2.05) is 0 Å². The highest BCUT2D eigenvalue weighted by Gasteiger charge is 2.29. The van der Waals surface area contributed by atoms with E-state index < -0.39 is 24.7 Å². The molecule has 33 heavy (non-hydrogen) atoms. The van der Waals surface area contributed by atoms with Crippen molar-refractivity contribution >= 4 is 45.8 Å². The van der Waals surface area contributed by atoms with Crippen molar-refractivity contribution in [3.63, 3.8) is 0 Å². The molecule has 0 radical (unpaired) electrons. The Balaban J connectivity index is 2.10. The first kappa shape index (κ1) is 23.2. The molecule has 0 bridgehead atoms. The second-order valence-electron chi connectivity index (χ2n) is 7.09. The van der Waals surface area contributed by atoms with E-state index in [0.29, 0.717) is 32.4 Å². The van der Waals surface area contributed by atoms with Crippen LogP contribution in [0.2, 0.25) is 15.1 Å². The lowest BCUT2D eigenvalue weighted by Gasteiger charge is -2.10. The van der Waals surface area contributed by atoms with Crippen LogP contribution in [0.3, 0.4) is 0 Å². The van der Waals surface area contributed by atoms with Gasteiger partial charge < -0.3 is 0 Å². The summed E-state index contributed by atoms with van der Waals surface area (Å²) in [4.78, 5) is 12.7. The molecule has 0 unspecified atom stereocenters. The monoisotopic (exact) mass is 510 g/mol. The van der Waals surface area contributed by atoms with Crippen LogP contribution in [-0.2, 0) is 6.54 Å². The van der Waals surface area contributed by atoms with Crippen LogP contribution in [0.25, 0.3) is 28.0 Å². The van der Waals surface area contributed by atoms with Crippen molar-refractivity contribution < 1.29 is 13.2 Å². The van der Waals surface area contributed by atoms with Crippen molar-refractivity contribution in [1.82, 2.24) is 14.3 Å². The average Bonchev–Trinajstić information content (AvgIpc) is 3.11. The van der Waals surface area contributed by atoms with Gasteiger partial charge in [0.25, 0.3) is 5.56 Å². The lowest BCUT2D eigenvalue weighted by Crippen LogP contribution is -2.25. The number of aryl methyl sites for hydroxylation is 1. The third-order valence-electron chi connectivity index (χ3n) is 4.92. The number of rotatable bonds is 4. The van der Waals surface area contributed by atoms with Gasteiger partial charge in [-0.05, 0) is 36.4 Å². The minimum absolute atomic E-state index is 0.0146. The Hall–Kier alpha value is -2.99. The van der Waals surface area contributed by atoms with Crippen LogP contribution in [0, 0.1) is 11.3 Å². The van der Waals surface area contributed by atoms with Gasteiger partial charge in [-0.1, -0.05) is 46.9 Å². The van der Waals surface area contributed by atoms with E-state index in [1.54, 1.807) is 42.5 Å². The zero-order valence-corrected chi connectivity index (χ0v) is 18.8. The Kier molecular flexibility index (Phi) is 6.14. The second-order valence-corrected chi connectivity index (χ2v) is 8.37. The standard InChI is InChI=1S/C22H12Cl3F3N4O/c23-14-3-1-12(2-4-14)19-16-9-13(11-29)21(33)31(8-7-22(26,27)28)20(16)30-32(19)18-6-5-15(24)10-17(18)25/h1-6,9-10H,7-8H2. The summed E-state index contributed by atoms with van der Waals surface area (Å²) in [6, 6.07) is 14.4. The predicted molar refractivity (Wildman–Crippen MR) is 121 cm³/mol. The summed E-state index contributed by atoms with van der Waals surface area (Å²) < 4.78 is 41.1. The van der Waals surface area contributed by atoms with Crippen LogP contribution < -0.4 is 5.56 Å². The maximum Gasteiger partial charge on any atom is 0.390 e. The molecule has 0 atom stereocenters. The van der Waals surface area contributed by atoms with Crippen LogP contribution in [0.15, 0.2) is 53.3 Å². The normalized spacial score (nSPS) is 11.7. The maximum atomic E-state index is 13.0. The molecule has 0 amide bonds. The third-order valence-corrected chi connectivity index (χ3v) is 5.71. The minimum atomic E-state index is -4.50. The first-order valence-electron chi connectivity index (χ1n) is 9.44. The maximum absolute atomic E-state index is 13.0. The lowest BCUT2D eigenvalue weighted by molar-refractivity contribution is -0.136. The van der Waals surface area contributed by atoms with E-state index in [1.165, 1.54) is 16.8 Å². The molecule has 0 saturated heterocycles. The number of halogens is 6. The van der Waals surface area contributed by atoms with Crippen LogP contribution in [0.1, 0.15) is 12.0 Å². The number of hydrogen-bond donors (Lipinski definition) is 0. The number of nitrogens with zero attached hydrogens (tertiary/aromatic N) is 4. The number of fused-ring (bicyclic) bond motifs is 1. The molecule has 0 fully saturated rings. The summed E-state index contributed by atoms with van der Waals surface area (Å²) in [6.07, 6.45) is -5.77. The van der Waals surface area contributed by atoms with E-state index in [0.717, 1.165) is 4.57 Å². The molecule has 0 aliphatic heterocycles. The lowest BCUT2D eigenvalue weighted by atomic mass is 10.1. The molecule has 0 spiro atoms. The van der Waals surface area contributed by atoms with Crippen LogP contribution in [-0.4, -0.2) is 20.5 Å². The molecule has 0 saturated carbocycles. The smallest absolute Gasteiger partial charge is 0.290 e. The van der Waals surface area contributed by atoms with E-state index in [-0.39, 0.29) is 16.2 Å². The summed E-state index contributed by atoms with van der Waals surface area (Å²) in [5.41, 5.74) is 0.223. The SMILES string of the molecule is N#Cc1cc2c(-c3ccc(Cl)cc3)n(-c3ccc(Cl)cc3Cl)nc2n(CCC(F)(F)F)c1=O. The molecule has 4 rings (SSSR count). The highest BCUT2D eigenvalue weighted by atomic mass is 35.5. The Morgan fingerprint density at radius 2 is 1.67 bits per heavy atom. The molecule has 0 aliphatic carbocycles. The molecule has 0 N–H and O–H groups in total. The van der Waals surface area contributed by atoms with E-state index in [4.69, 9.17) is 34.8 Å². The van der Waals surface area contributed by atoms with E-state index in [2.05, 4.69) is 5.10 Å². The quantitative estimate of drug-likeness (QED) is 0.309. The second kappa shape index (κ2) is 8.75. The number of alkyl halides is 3. The Labute approximate surface area is 200 Å². The van der Waals surface area contributed by atoms with Crippen LogP contribution >= 0.6 is 34.8 Å². The van der Waals surface area contributed by atoms with Crippen molar-refractivity contribution in [3.8, 4) is 23.0 Å². The highest BCUT2D eigenvalue weighted by Crippen LogP contribution is 2.35. The molecular formula is C22H12Cl3F3N4O. The summed E-state index contributed by atoms with van der Waals surface area (Å²) in [6.45, 7) is -0.695. The zero-order chi connectivity index (χ0) is 23.9. The molecule has 2 aromatic heterocycles. The van der Waals surface area contributed by atoms with Gasteiger partial charge in [0.05, 0.1) is 22.8 Å². The van der Waals surface area contributed by atoms with Gasteiger partial charge in [0.1, 0.15) is 11.6 Å². The topological polar surface area (TPSA) is 63.6 Å². The van der Waals surface area contributed by atoms with Gasteiger partial charge in [-0.2, -0.15) is 18.4 Å². The fourth-order valence-corrected chi connectivity index (χ4v) is 4.05. The van der Waals surface area contributed by atoms with E-state index >= 15 is 0 Å². The fraction of sp³-hybridized carbons (Fsp3) is 0.136. The van der Waals surface area contributed by atoms with Crippen molar-refractivity contribution in [1.29, 1.82) is 5.26 Å². The van der Waals surface area contributed by atoms with E-state index in [9.17, 15) is 23.2 Å². The van der Waals surface area contributed by atoms with Gasteiger partial charge in [0, 0.05) is 27.5 Å². The minimum Gasteiger partial charge on any atom is -0.290 e. The number of benzene rings is 2. The largest absolute Gasteiger partial charge is 0.390 e. The number of aromatic nitrogens is 3. The van der Waals surface area contributed by atoms with Crippen molar-refractivity contribution in [2.45, 2.75) is 19.1 Å².